The first-order valence-corrected chi connectivity index (χ1v) is 6.71. The second-order valence-electron chi connectivity index (χ2n) is 4.42. The summed E-state index contributed by atoms with van der Waals surface area (Å²) < 4.78 is 12.8. The molecule has 0 unspecified atom stereocenters. The van der Waals surface area contributed by atoms with E-state index in [0.29, 0.717) is 5.56 Å². The summed E-state index contributed by atoms with van der Waals surface area (Å²) in [7, 11) is 0. The molecule has 5 heteroatoms. The maximum atomic E-state index is 12.8. The Morgan fingerprint density at radius 2 is 1.72 bits per heavy atom. The van der Waals surface area contributed by atoms with Crippen molar-refractivity contribution in [1.29, 1.82) is 0 Å². The van der Waals surface area contributed by atoms with Gasteiger partial charge in [-0.2, -0.15) is 0 Å². The second kappa shape index (κ2) is 6.52. The lowest BCUT2D eigenvalue weighted by molar-refractivity contribution is 0.0587. The largest absolute Gasteiger partial charge is 0.395 e. The van der Waals surface area contributed by atoms with E-state index in [1.165, 1.54) is 23.9 Å². The maximum absolute atomic E-state index is 12.8. The van der Waals surface area contributed by atoms with Gasteiger partial charge in [0.1, 0.15) is 5.82 Å². The van der Waals surface area contributed by atoms with Gasteiger partial charge < -0.3 is 15.3 Å². The van der Waals surface area contributed by atoms with E-state index >= 15 is 0 Å². The van der Waals surface area contributed by atoms with E-state index in [1.807, 2.05) is 6.92 Å². The van der Waals surface area contributed by atoms with Crippen molar-refractivity contribution in [2.75, 3.05) is 13.2 Å². The highest BCUT2D eigenvalue weighted by atomic mass is 32.2. The van der Waals surface area contributed by atoms with Crippen LogP contribution in [0.2, 0.25) is 0 Å². The Morgan fingerprint density at radius 1 is 1.22 bits per heavy atom. The minimum atomic E-state index is -1.15. The van der Waals surface area contributed by atoms with Crippen LogP contribution in [-0.4, -0.2) is 39.0 Å². The first-order valence-electron chi connectivity index (χ1n) is 5.77. The summed E-state index contributed by atoms with van der Waals surface area (Å²) in [4.78, 5) is 0. The fourth-order valence-corrected chi connectivity index (χ4v) is 2.74. The molecule has 18 heavy (non-hydrogen) atoms. The molecule has 1 aromatic carbocycles. The molecule has 0 aliphatic rings. The third-order valence-corrected chi connectivity index (χ3v) is 4.57. The predicted octanol–water partition coefficient (Wildman–Crippen LogP) is 1.51. The summed E-state index contributed by atoms with van der Waals surface area (Å²) in [6, 6.07) is 5.69. The van der Waals surface area contributed by atoms with E-state index in [0.717, 1.165) is 0 Å². The van der Waals surface area contributed by atoms with Crippen molar-refractivity contribution in [2.24, 2.45) is 0 Å². The quantitative estimate of drug-likeness (QED) is 0.736. The van der Waals surface area contributed by atoms with Gasteiger partial charge in [0.15, 0.2) is 0 Å². The third-order valence-electron chi connectivity index (χ3n) is 3.02. The van der Waals surface area contributed by atoms with Gasteiger partial charge in [-0.3, -0.25) is 0 Å². The fourth-order valence-electron chi connectivity index (χ4n) is 1.59. The SMILES string of the molecule is C[C@@H](SC(CO)CO)[C@](C)(O)c1ccc(F)cc1. The Balaban J connectivity index is 2.81. The number of rotatable bonds is 6. The van der Waals surface area contributed by atoms with Crippen LogP contribution >= 0.6 is 11.8 Å². The van der Waals surface area contributed by atoms with Crippen LogP contribution in [0.1, 0.15) is 19.4 Å². The molecule has 3 N–H and O–H groups in total. The van der Waals surface area contributed by atoms with Crippen molar-refractivity contribution in [2.45, 2.75) is 29.9 Å². The molecule has 0 spiro atoms. The van der Waals surface area contributed by atoms with E-state index in [9.17, 15) is 9.50 Å². The molecule has 0 heterocycles. The molecule has 0 aliphatic heterocycles. The Labute approximate surface area is 111 Å². The molecule has 0 radical (unpaired) electrons. The molecule has 0 aliphatic carbocycles. The minimum Gasteiger partial charge on any atom is -0.395 e. The summed E-state index contributed by atoms with van der Waals surface area (Å²) in [5, 5.41) is 28.0. The summed E-state index contributed by atoms with van der Waals surface area (Å²) in [5.41, 5.74) is -0.542. The van der Waals surface area contributed by atoms with E-state index in [4.69, 9.17) is 10.2 Å². The molecule has 0 fully saturated rings. The van der Waals surface area contributed by atoms with Gasteiger partial charge in [-0.15, -0.1) is 11.8 Å². The Morgan fingerprint density at radius 3 is 2.17 bits per heavy atom. The van der Waals surface area contributed by atoms with Crippen molar-refractivity contribution in [3.8, 4) is 0 Å². The van der Waals surface area contributed by atoms with E-state index in [1.54, 1.807) is 19.1 Å². The third kappa shape index (κ3) is 3.68. The van der Waals surface area contributed by atoms with Gasteiger partial charge in [-0.05, 0) is 24.6 Å². The second-order valence-corrected chi connectivity index (χ2v) is 6.07. The van der Waals surface area contributed by atoms with E-state index in [2.05, 4.69) is 0 Å². The average Bonchev–Trinajstić information content (AvgIpc) is 2.36. The zero-order valence-corrected chi connectivity index (χ0v) is 11.3. The molecule has 2 atom stereocenters. The van der Waals surface area contributed by atoms with Crippen LogP contribution in [0.15, 0.2) is 24.3 Å². The minimum absolute atomic E-state index is 0.148. The van der Waals surface area contributed by atoms with Crippen molar-refractivity contribution >= 4 is 11.8 Å². The zero-order chi connectivity index (χ0) is 13.8. The number of hydrogen-bond donors (Lipinski definition) is 3. The lowest BCUT2D eigenvalue weighted by Gasteiger charge is -2.32. The fraction of sp³-hybridized carbons (Fsp3) is 0.538. The highest BCUT2D eigenvalue weighted by molar-refractivity contribution is 8.00. The van der Waals surface area contributed by atoms with Gasteiger partial charge in [0.05, 0.1) is 24.1 Å². The number of halogens is 1. The van der Waals surface area contributed by atoms with Gasteiger partial charge in [-0.25, -0.2) is 4.39 Å². The molecular weight excluding hydrogens is 255 g/mol. The lowest BCUT2D eigenvalue weighted by atomic mass is 9.93. The molecular formula is C13H19FO3S. The molecule has 0 saturated heterocycles. The number of hydrogen-bond acceptors (Lipinski definition) is 4. The van der Waals surface area contributed by atoms with Gasteiger partial charge in [0, 0.05) is 5.25 Å². The van der Waals surface area contributed by atoms with Crippen molar-refractivity contribution in [3.63, 3.8) is 0 Å². The normalized spacial score (nSPS) is 16.6. The van der Waals surface area contributed by atoms with Gasteiger partial charge in [-0.1, -0.05) is 19.1 Å². The monoisotopic (exact) mass is 274 g/mol. The molecule has 0 aromatic heterocycles. The molecule has 0 saturated carbocycles. The predicted molar refractivity (Wildman–Crippen MR) is 71.0 cm³/mol. The molecule has 0 amide bonds. The summed E-state index contributed by atoms with van der Waals surface area (Å²) in [6.45, 7) is 3.16. The van der Waals surface area contributed by atoms with Gasteiger partial charge in [0.2, 0.25) is 0 Å². The average molecular weight is 274 g/mol. The first-order chi connectivity index (χ1) is 8.41. The van der Waals surface area contributed by atoms with Crippen molar-refractivity contribution in [3.05, 3.63) is 35.6 Å². The number of aliphatic hydroxyl groups excluding tert-OH is 2. The Bertz CT molecular complexity index is 363. The van der Waals surface area contributed by atoms with Crippen LogP contribution in [-0.2, 0) is 5.60 Å². The number of benzene rings is 1. The smallest absolute Gasteiger partial charge is 0.123 e. The van der Waals surface area contributed by atoms with Crippen molar-refractivity contribution in [1.82, 2.24) is 0 Å². The topological polar surface area (TPSA) is 60.7 Å². The highest BCUT2D eigenvalue weighted by Crippen LogP contribution is 2.34. The van der Waals surface area contributed by atoms with E-state index in [-0.39, 0.29) is 29.5 Å². The van der Waals surface area contributed by atoms with Gasteiger partial charge in [0.25, 0.3) is 0 Å². The molecule has 1 aromatic rings. The molecule has 102 valence electrons. The summed E-state index contributed by atoms with van der Waals surface area (Å²) in [6.07, 6.45) is 0. The zero-order valence-electron chi connectivity index (χ0n) is 10.5. The lowest BCUT2D eigenvalue weighted by Crippen LogP contribution is -2.34. The molecule has 3 nitrogen and oxygen atoms in total. The van der Waals surface area contributed by atoms with Crippen molar-refractivity contribution < 1.29 is 19.7 Å². The summed E-state index contributed by atoms with van der Waals surface area (Å²) in [5.74, 6) is -0.349. The van der Waals surface area contributed by atoms with Crippen LogP contribution in [0.4, 0.5) is 4.39 Å². The van der Waals surface area contributed by atoms with Gasteiger partial charge >= 0.3 is 0 Å². The number of thioether (sulfide) groups is 1. The molecule has 0 bridgehead atoms. The maximum Gasteiger partial charge on any atom is 0.123 e. The van der Waals surface area contributed by atoms with E-state index < -0.39 is 5.60 Å². The van der Waals surface area contributed by atoms with Crippen LogP contribution in [0, 0.1) is 5.82 Å². The molecule has 1 rings (SSSR count). The summed E-state index contributed by atoms with van der Waals surface area (Å²) >= 11 is 1.31. The van der Waals surface area contributed by atoms with Crippen LogP contribution in [0.25, 0.3) is 0 Å². The van der Waals surface area contributed by atoms with Crippen LogP contribution < -0.4 is 0 Å². The Kier molecular flexibility index (Phi) is 5.59. The Hall–Kier alpha value is -0.620. The first kappa shape index (κ1) is 15.4. The highest BCUT2D eigenvalue weighted by Gasteiger charge is 2.32. The standard InChI is InChI=1S/C13H19FO3S/c1-9(18-12(7-15)8-16)13(2,17)10-3-5-11(14)6-4-10/h3-6,9,12,15-17H,7-8H2,1-2H3/t9-,13+/m1/s1. The van der Waals surface area contributed by atoms with Crippen LogP contribution in [0.3, 0.4) is 0 Å². The van der Waals surface area contributed by atoms with Crippen LogP contribution in [0.5, 0.6) is 0 Å². The number of aliphatic hydroxyl groups is 3.